The summed E-state index contributed by atoms with van der Waals surface area (Å²) in [6, 6.07) is 9.87. The van der Waals surface area contributed by atoms with Gasteiger partial charge in [-0.3, -0.25) is 4.68 Å². The predicted octanol–water partition coefficient (Wildman–Crippen LogP) is 3.85. The number of nitrogens with zero attached hydrogens (tertiary/aromatic N) is 2. The van der Waals surface area contributed by atoms with Gasteiger partial charge in [0.2, 0.25) is 0 Å². The minimum absolute atomic E-state index is 0.337. The van der Waals surface area contributed by atoms with Crippen LogP contribution in [0.3, 0.4) is 0 Å². The predicted molar refractivity (Wildman–Crippen MR) is 74.9 cm³/mol. The van der Waals surface area contributed by atoms with Gasteiger partial charge in [0.05, 0.1) is 5.69 Å². The van der Waals surface area contributed by atoms with E-state index in [2.05, 4.69) is 18.9 Å². The van der Waals surface area contributed by atoms with Gasteiger partial charge in [-0.2, -0.15) is 5.10 Å². The molecule has 1 aromatic carbocycles. The molecule has 0 fully saturated rings. The van der Waals surface area contributed by atoms with E-state index < -0.39 is 0 Å². The van der Waals surface area contributed by atoms with Gasteiger partial charge in [-0.15, -0.1) is 11.8 Å². The largest absolute Gasteiger partial charge is 0.507 e. The molecule has 1 N–H and O–H groups in total. The number of aromatic hydroxyl groups is 1. The maximum Gasteiger partial charge on any atom is 0.129 e. The Bertz CT molecular complexity index is 510. The Hall–Kier alpha value is -1.42. The first-order valence-electron chi connectivity index (χ1n) is 6.15. The lowest BCUT2D eigenvalue weighted by Gasteiger charge is -2.08. The van der Waals surface area contributed by atoms with E-state index in [1.165, 1.54) is 0 Å². The van der Waals surface area contributed by atoms with E-state index in [0.29, 0.717) is 11.8 Å². The Morgan fingerprint density at radius 2 is 2.11 bits per heavy atom. The highest BCUT2D eigenvalue weighted by atomic mass is 32.2. The molecule has 0 bridgehead atoms. The molecule has 3 nitrogen and oxygen atoms in total. The van der Waals surface area contributed by atoms with Gasteiger partial charge < -0.3 is 5.11 Å². The Morgan fingerprint density at radius 3 is 2.83 bits per heavy atom. The second kappa shape index (κ2) is 5.96. The number of thioether (sulfide) groups is 1. The standard InChI is InChI=1S/C14H18N2OS/c1-3-11(2)16-9-8-12(15-16)10-18-14-7-5-4-6-13(14)17/h4-9,11,17H,3,10H2,1-2H3. The van der Waals surface area contributed by atoms with Crippen LogP contribution in [-0.2, 0) is 5.75 Å². The Labute approximate surface area is 112 Å². The first-order valence-corrected chi connectivity index (χ1v) is 7.14. The van der Waals surface area contributed by atoms with Gasteiger partial charge in [-0.25, -0.2) is 0 Å². The van der Waals surface area contributed by atoms with Gasteiger partial charge in [0.1, 0.15) is 5.75 Å². The Kier molecular flexibility index (Phi) is 4.31. The number of rotatable bonds is 5. The van der Waals surface area contributed by atoms with Crippen LogP contribution in [0, 0.1) is 0 Å². The summed E-state index contributed by atoms with van der Waals surface area (Å²) < 4.78 is 2.00. The van der Waals surface area contributed by atoms with E-state index in [-0.39, 0.29) is 0 Å². The average Bonchev–Trinajstić information content (AvgIpc) is 2.86. The average molecular weight is 262 g/mol. The molecular weight excluding hydrogens is 244 g/mol. The molecule has 2 aromatic rings. The molecule has 0 saturated heterocycles. The van der Waals surface area contributed by atoms with E-state index in [0.717, 1.165) is 22.8 Å². The van der Waals surface area contributed by atoms with Crippen molar-refractivity contribution in [1.82, 2.24) is 9.78 Å². The third-order valence-electron chi connectivity index (χ3n) is 2.95. The molecule has 0 spiro atoms. The second-order valence-electron chi connectivity index (χ2n) is 4.30. The fourth-order valence-electron chi connectivity index (χ4n) is 1.62. The summed E-state index contributed by atoms with van der Waals surface area (Å²) in [5.74, 6) is 1.12. The monoisotopic (exact) mass is 262 g/mol. The summed E-state index contributed by atoms with van der Waals surface area (Å²) in [4.78, 5) is 0.899. The second-order valence-corrected chi connectivity index (χ2v) is 5.32. The van der Waals surface area contributed by atoms with Crippen LogP contribution in [0.4, 0.5) is 0 Å². The molecule has 18 heavy (non-hydrogen) atoms. The lowest BCUT2D eigenvalue weighted by atomic mass is 10.3. The van der Waals surface area contributed by atoms with E-state index in [9.17, 15) is 5.11 Å². The molecule has 0 aliphatic carbocycles. The molecule has 96 valence electrons. The smallest absolute Gasteiger partial charge is 0.129 e. The van der Waals surface area contributed by atoms with Crippen LogP contribution in [0.2, 0.25) is 0 Å². The van der Waals surface area contributed by atoms with E-state index in [1.54, 1.807) is 17.8 Å². The van der Waals surface area contributed by atoms with Crippen molar-refractivity contribution in [2.45, 2.75) is 37.0 Å². The van der Waals surface area contributed by atoms with E-state index in [4.69, 9.17) is 0 Å². The SMILES string of the molecule is CCC(C)n1ccc(CSc2ccccc2O)n1. The molecule has 0 radical (unpaired) electrons. The van der Waals surface area contributed by atoms with Crippen LogP contribution in [0.15, 0.2) is 41.4 Å². The molecule has 0 aliphatic heterocycles. The van der Waals surface area contributed by atoms with Crippen molar-refractivity contribution in [3.63, 3.8) is 0 Å². The minimum atomic E-state index is 0.337. The topological polar surface area (TPSA) is 38.0 Å². The van der Waals surface area contributed by atoms with Crippen LogP contribution in [0.1, 0.15) is 32.0 Å². The lowest BCUT2D eigenvalue weighted by Crippen LogP contribution is -2.04. The number of benzene rings is 1. The van der Waals surface area contributed by atoms with Gasteiger partial charge in [0.25, 0.3) is 0 Å². The van der Waals surface area contributed by atoms with Crippen LogP contribution in [0.5, 0.6) is 5.75 Å². The fourth-order valence-corrected chi connectivity index (χ4v) is 2.47. The highest BCUT2D eigenvalue weighted by Gasteiger charge is 2.06. The highest BCUT2D eigenvalue weighted by molar-refractivity contribution is 7.98. The number of hydrogen-bond acceptors (Lipinski definition) is 3. The van der Waals surface area contributed by atoms with Crippen molar-refractivity contribution in [1.29, 1.82) is 0 Å². The van der Waals surface area contributed by atoms with Crippen molar-refractivity contribution < 1.29 is 5.11 Å². The minimum Gasteiger partial charge on any atom is -0.507 e. The van der Waals surface area contributed by atoms with Crippen LogP contribution in [0.25, 0.3) is 0 Å². The summed E-state index contributed by atoms with van der Waals surface area (Å²) in [7, 11) is 0. The molecule has 0 saturated carbocycles. The molecule has 1 atom stereocenters. The molecule has 1 aromatic heterocycles. The van der Waals surface area contributed by atoms with Gasteiger partial charge in [0, 0.05) is 22.9 Å². The number of phenolic OH excluding ortho intramolecular Hbond substituents is 1. The first kappa shape index (κ1) is 13.0. The summed E-state index contributed by atoms with van der Waals surface area (Å²) in [6.07, 6.45) is 3.10. The summed E-state index contributed by atoms with van der Waals surface area (Å²) in [5.41, 5.74) is 1.04. The Balaban J connectivity index is 1.98. The molecule has 0 amide bonds. The zero-order valence-corrected chi connectivity index (χ0v) is 11.5. The van der Waals surface area contributed by atoms with E-state index in [1.807, 2.05) is 35.1 Å². The summed E-state index contributed by atoms with van der Waals surface area (Å²) in [5, 5.41) is 14.2. The quantitative estimate of drug-likeness (QED) is 0.832. The lowest BCUT2D eigenvalue weighted by molar-refractivity contribution is 0.462. The molecular formula is C14H18N2OS. The number of phenols is 1. The summed E-state index contributed by atoms with van der Waals surface area (Å²) in [6.45, 7) is 4.32. The van der Waals surface area contributed by atoms with Gasteiger partial charge in [-0.05, 0) is 31.5 Å². The van der Waals surface area contributed by atoms with Gasteiger partial charge in [-0.1, -0.05) is 19.1 Å². The number of hydrogen-bond donors (Lipinski definition) is 1. The Morgan fingerprint density at radius 1 is 1.33 bits per heavy atom. The zero-order chi connectivity index (χ0) is 13.0. The van der Waals surface area contributed by atoms with Crippen molar-refractivity contribution in [2.24, 2.45) is 0 Å². The third-order valence-corrected chi connectivity index (χ3v) is 4.04. The van der Waals surface area contributed by atoms with Crippen LogP contribution < -0.4 is 0 Å². The number of para-hydroxylation sites is 1. The fraction of sp³-hybridized carbons (Fsp3) is 0.357. The normalized spacial score (nSPS) is 12.6. The van der Waals surface area contributed by atoms with Crippen LogP contribution >= 0.6 is 11.8 Å². The first-order chi connectivity index (χ1) is 8.70. The molecule has 1 heterocycles. The van der Waals surface area contributed by atoms with Crippen molar-refractivity contribution in [3.05, 3.63) is 42.2 Å². The van der Waals surface area contributed by atoms with Crippen molar-refractivity contribution in [2.75, 3.05) is 0 Å². The molecule has 4 heteroatoms. The maximum absolute atomic E-state index is 9.67. The highest BCUT2D eigenvalue weighted by Crippen LogP contribution is 2.30. The summed E-state index contributed by atoms with van der Waals surface area (Å²) >= 11 is 1.61. The zero-order valence-electron chi connectivity index (χ0n) is 10.7. The van der Waals surface area contributed by atoms with Gasteiger partial charge >= 0.3 is 0 Å². The van der Waals surface area contributed by atoms with E-state index >= 15 is 0 Å². The molecule has 2 rings (SSSR count). The molecule has 0 aliphatic rings. The van der Waals surface area contributed by atoms with Gasteiger partial charge in [0.15, 0.2) is 0 Å². The van der Waals surface area contributed by atoms with Crippen LogP contribution in [-0.4, -0.2) is 14.9 Å². The van der Waals surface area contributed by atoms with Crippen molar-refractivity contribution >= 4 is 11.8 Å². The maximum atomic E-state index is 9.67. The van der Waals surface area contributed by atoms with Crippen molar-refractivity contribution in [3.8, 4) is 5.75 Å². The number of aromatic nitrogens is 2. The third kappa shape index (κ3) is 3.07. The molecule has 1 unspecified atom stereocenters.